The van der Waals surface area contributed by atoms with Crippen molar-refractivity contribution in [3.8, 4) is 0 Å². The molecule has 0 aliphatic heterocycles. The third-order valence-electron chi connectivity index (χ3n) is 3.06. The van der Waals surface area contributed by atoms with E-state index >= 15 is 0 Å². The number of aryl methyl sites for hydroxylation is 2. The SMILES string of the molecule is CCCC[n+]1ccn(C)c1C(=O)Nc1ccccc1. The van der Waals surface area contributed by atoms with Gasteiger partial charge in [0.15, 0.2) is 0 Å². The number of nitrogens with zero attached hydrogens (tertiary/aromatic N) is 2. The molecule has 0 radical (unpaired) electrons. The van der Waals surface area contributed by atoms with E-state index < -0.39 is 0 Å². The van der Waals surface area contributed by atoms with Gasteiger partial charge in [-0.2, -0.15) is 0 Å². The van der Waals surface area contributed by atoms with Crippen LogP contribution >= 0.6 is 0 Å². The highest BCUT2D eigenvalue weighted by Gasteiger charge is 2.22. The fraction of sp³-hybridized carbons (Fsp3) is 0.333. The first kappa shape index (κ1) is 13.3. The number of carbonyl (C=O) groups is 1. The van der Waals surface area contributed by atoms with Gasteiger partial charge in [0.25, 0.3) is 0 Å². The predicted octanol–water partition coefficient (Wildman–Crippen LogP) is 2.37. The summed E-state index contributed by atoms with van der Waals surface area (Å²) in [6, 6.07) is 9.52. The van der Waals surface area contributed by atoms with Crippen LogP contribution in [0.1, 0.15) is 30.4 Å². The fourth-order valence-electron chi connectivity index (χ4n) is 2.03. The molecule has 1 aromatic carbocycles. The number of carbonyl (C=O) groups excluding carboxylic acids is 1. The third kappa shape index (κ3) is 3.22. The Morgan fingerprint density at radius 3 is 2.74 bits per heavy atom. The van der Waals surface area contributed by atoms with Crippen molar-refractivity contribution in [1.29, 1.82) is 0 Å². The van der Waals surface area contributed by atoms with Crippen molar-refractivity contribution in [2.24, 2.45) is 7.05 Å². The molecular formula is C15H20N3O+. The van der Waals surface area contributed by atoms with Crippen molar-refractivity contribution in [3.63, 3.8) is 0 Å². The maximum Gasteiger partial charge on any atom is 0.348 e. The third-order valence-corrected chi connectivity index (χ3v) is 3.06. The number of aromatic nitrogens is 2. The number of imidazole rings is 1. The molecule has 0 aliphatic carbocycles. The molecule has 1 N–H and O–H groups in total. The van der Waals surface area contributed by atoms with E-state index in [1.165, 1.54) is 0 Å². The van der Waals surface area contributed by atoms with Gasteiger partial charge in [-0.25, -0.2) is 9.13 Å². The molecule has 0 aliphatic rings. The lowest BCUT2D eigenvalue weighted by molar-refractivity contribution is -0.698. The van der Waals surface area contributed by atoms with Gasteiger partial charge in [0.05, 0.1) is 13.6 Å². The molecule has 0 bridgehead atoms. The summed E-state index contributed by atoms with van der Waals surface area (Å²) in [5.41, 5.74) is 0.816. The summed E-state index contributed by atoms with van der Waals surface area (Å²) in [5.74, 6) is 0.604. The molecule has 19 heavy (non-hydrogen) atoms. The molecule has 0 atom stereocenters. The molecule has 4 heteroatoms. The van der Waals surface area contributed by atoms with Gasteiger partial charge in [-0.1, -0.05) is 31.5 Å². The number of benzene rings is 1. The molecule has 2 rings (SSSR count). The van der Waals surface area contributed by atoms with Crippen LogP contribution in [0.3, 0.4) is 0 Å². The number of hydrogen-bond acceptors (Lipinski definition) is 1. The van der Waals surface area contributed by atoms with Crippen molar-refractivity contribution in [2.45, 2.75) is 26.3 Å². The normalized spacial score (nSPS) is 10.4. The van der Waals surface area contributed by atoms with Crippen LogP contribution in [0.5, 0.6) is 0 Å². The van der Waals surface area contributed by atoms with E-state index in [4.69, 9.17) is 0 Å². The first-order valence-corrected chi connectivity index (χ1v) is 6.63. The van der Waals surface area contributed by atoms with Crippen molar-refractivity contribution >= 4 is 11.6 Å². The van der Waals surface area contributed by atoms with Crippen molar-refractivity contribution < 1.29 is 9.36 Å². The van der Waals surface area contributed by atoms with Crippen molar-refractivity contribution in [3.05, 3.63) is 48.5 Å². The molecule has 0 saturated carbocycles. The number of unbranched alkanes of at least 4 members (excludes halogenated alkanes) is 1. The zero-order valence-corrected chi connectivity index (χ0v) is 11.5. The molecule has 2 aromatic rings. The summed E-state index contributed by atoms with van der Waals surface area (Å²) in [5, 5.41) is 2.92. The Morgan fingerprint density at radius 1 is 1.32 bits per heavy atom. The summed E-state index contributed by atoms with van der Waals surface area (Å²) < 4.78 is 3.86. The van der Waals surface area contributed by atoms with Gasteiger partial charge in [0, 0.05) is 5.69 Å². The van der Waals surface area contributed by atoms with E-state index in [1.54, 1.807) is 0 Å². The van der Waals surface area contributed by atoms with Gasteiger partial charge in [-0.15, -0.1) is 0 Å². The van der Waals surface area contributed by atoms with E-state index in [9.17, 15) is 4.79 Å². The second kappa shape index (κ2) is 6.18. The Bertz CT molecular complexity index is 546. The second-order valence-electron chi connectivity index (χ2n) is 4.60. The highest BCUT2D eigenvalue weighted by atomic mass is 16.2. The maximum atomic E-state index is 12.3. The van der Waals surface area contributed by atoms with Crippen LogP contribution in [0.25, 0.3) is 0 Å². The van der Waals surface area contributed by atoms with Crippen LogP contribution in [-0.2, 0) is 13.6 Å². The van der Waals surface area contributed by atoms with Gasteiger partial charge >= 0.3 is 11.7 Å². The number of nitrogens with one attached hydrogen (secondary N) is 1. The lowest BCUT2D eigenvalue weighted by Crippen LogP contribution is -2.41. The van der Waals surface area contributed by atoms with Gasteiger partial charge in [0.1, 0.15) is 12.4 Å². The lowest BCUT2D eigenvalue weighted by Gasteiger charge is -2.04. The van der Waals surface area contributed by atoms with E-state index in [1.807, 2.05) is 58.9 Å². The number of anilines is 1. The molecule has 0 unspecified atom stereocenters. The zero-order chi connectivity index (χ0) is 13.7. The Hall–Kier alpha value is -2.10. The Kier molecular flexibility index (Phi) is 4.34. The highest BCUT2D eigenvalue weighted by Crippen LogP contribution is 2.07. The first-order valence-electron chi connectivity index (χ1n) is 6.63. The smallest absolute Gasteiger partial charge is 0.315 e. The number of para-hydroxylation sites is 1. The van der Waals surface area contributed by atoms with E-state index in [0.717, 1.165) is 25.1 Å². The molecule has 0 fully saturated rings. The van der Waals surface area contributed by atoms with Crippen LogP contribution in [-0.4, -0.2) is 10.5 Å². The van der Waals surface area contributed by atoms with Gasteiger partial charge in [0.2, 0.25) is 0 Å². The summed E-state index contributed by atoms with van der Waals surface area (Å²) in [4.78, 5) is 12.3. The minimum absolute atomic E-state index is 0.0743. The summed E-state index contributed by atoms with van der Waals surface area (Å²) in [6.45, 7) is 3.02. The Balaban J connectivity index is 2.16. The average Bonchev–Trinajstić information content (AvgIpc) is 2.78. The fourth-order valence-corrected chi connectivity index (χ4v) is 2.03. The Labute approximate surface area is 113 Å². The molecular weight excluding hydrogens is 238 g/mol. The van der Waals surface area contributed by atoms with E-state index in [-0.39, 0.29) is 5.91 Å². The van der Waals surface area contributed by atoms with Crippen LogP contribution in [0.2, 0.25) is 0 Å². The molecule has 100 valence electrons. The van der Waals surface area contributed by atoms with Gasteiger partial charge in [-0.3, -0.25) is 4.79 Å². The lowest BCUT2D eigenvalue weighted by atomic mass is 10.3. The summed E-state index contributed by atoms with van der Waals surface area (Å²) in [6.07, 6.45) is 6.05. The minimum atomic E-state index is -0.0743. The maximum absolute atomic E-state index is 12.3. The van der Waals surface area contributed by atoms with Crippen molar-refractivity contribution in [1.82, 2.24) is 4.57 Å². The molecule has 0 spiro atoms. The molecule has 1 amide bonds. The zero-order valence-electron chi connectivity index (χ0n) is 11.5. The molecule has 1 heterocycles. The second-order valence-corrected chi connectivity index (χ2v) is 4.60. The number of hydrogen-bond donors (Lipinski definition) is 1. The molecule has 0 saturated heterocycles. The largest absolute Gasteiger partial charge is 0.348 e. The van der Waals surface area contributed by atoms with Gasteiger partial charge < -0.3 is 5.32 Å². The summed E-state index contributed by atoms with van der Waals surface area (Å²) in [7, 11) is 1.89. The van der Waals surface area contributed by atoms with Crippen LogP contribution in [0.4, 0.5) is 5.69 Å². The van der Waals surface area contributed by atoms with Crippen LogP contribution < -0.4 is 9.88 Å². The average molecular weight is 258 g/mol. The minimum Gasteiger partial charge on any atom is -0.315 e. The summed E-state index contributed by atoms with van der Waals surface area (Å²) >= 11 is 0. The number of amides is 1. The molecule has 4 nitrogen and oxygen atoms in total. The predicted molar refractivity (Wildman–Crippen MR) is 74.9 cm³/mol. The topological polar surface area (TPSA) is 37.9 Å². The highest BCUT2D eigenvalue weighted by molar-refractivity contribution is 6.00. The quantitative estimate of drug-likeness (QED) is 0.821. The van der Waals surface area contributed by atoms with E-state index in [0.29, 0.717) is 5.82 Å². The standard InChI is InChI=1S/C15H19N3O/c1-3-4-10-18-12-11-17(2)15(18)14(19)16-13-8-6-5-7-9-13/h5-9,11-12H,3-4,10H2,1-2H3/p+1. The van der Waals surface area contributed by atoms with Gasteiger partial charge in [-0.05, 0) is 18.6 Å². The number of rotatable bonds is 5. The van der Waals surface area contributed by atoms with Crippen molar-refractivity contribution in [2.75, 3.05) is 5.32 Å². The van der Waals surface area contributed by atoms with Crippen LogP contribution in [0.15, 0.2) is 42.7 Å². The van der Waals surface area contributed by atoms with E-state index in [2.05, 4.69) is 12.2 Å². The Morgan fingerprint density at radius 2 is 2.05 bits per heavy atom. The first-order chi connectivity index (χ1) is 9.22. The molecule has 1 aromatic heterocycles. The van der Waals surface area contributed by atoms with Crippen LogP contribution in [0, 0.1) is 0 Å². The monoisotopic (exact) mass is 258 g/mol.